The van der Waals surface area contributed by atoms with Gasteiger partial charge in [0.1, 0.15) is 0 Å². The smallest absolute Gasteiger partial charge is 0.223 e. The topological polar surface area (TPSA) is 63.6 Å². The fourth-order valence-corrected chi connectivity index (χ4v) is 3.96. The molecule has 5 nitrogen and oxygen atoms in total. The lowest BCUT2D eigenvalue weighted by atomic mass is 9.98. The number of aromatic nitrogens is 4. The molecule has 0 bridgehead atoms. The third-order valence-electron chi connectivity index (χ3n) is 3.95. The van der Waals surface area contributed by atoms with Crippen LogP contribution in [-0.4, -0.2) is 19.9 Å². The minimum atomic E-state index is 0.197. The number of anilines is 1. The molecule has 6 heteroatoms. The number of nitrogens with zero attached hydrogens (tertiary/aromatic N) is 4. The van der Waals surface area contributed by atoms with Crippen LogP contribution in [0.5, 0.6) is 0 Å². The maximum atomic E-state index is 4.70. The molecule has 1 aliphatic rings. The Labute approximate surface area is 138 Å². The third-order valence-corrected chi connectivity index (χ3v) is 4.99. The van der Waals surface area contributed by atoms with Gasteiger partial charge in [0.25, 0.3) is 0 Å². The van der Waals surface area contributed by atoms with Crippen LogP contribution in [0.15, 0.2) is 36.7 Å². The van der Waals surface area contributed by atoms with E-state index in [2.05, 4.69) is 27.2 Å². The van der Waals surface area contributed by atoms with Gasteiger partial charge in [0.2, 0.25) is 5.95 Å². The molecule has 3 aromatic heterocycles. The summed E-state index contributed by atoms with van der Waals surface area (Å²) in [7, 11) is 0. The van der Waals surface area contributed by atoms with Crippen LogP contribution in [0.3, 0.4) is 0 Å². The first-order chi connectivity index (χ1) is 11.3. The maximum Gasteiger partial charge on any atom is 0.223 e. The first-order valence-corrected chi connectivity index (χ1v) is 8.58. The van der Waals surface area contributed by atoms with Crippen LogP contribution in [0.2, 0.25) is 0 Å². The normalized spacial score (nSPS) is 16.8. The highest BCUT2D eigenvalue weighted by Crippen LogP contribution is 2.34. The summed E-state index contributed by atoms with van der Waals surface area (Å²) >= 11 is 1.80. The second-order valence-corrected chi connectivity index (χ2v) is 6.90. The molecule has 116 valence electrons. The number of nitrogens with one attached hydrogen (secondary N) is 1. The second kappa shape index (κ2) is 6.04. The molecule has 0 fully saturated rings. The van der Waals surface area contributed by atoms with E-state index in [4.69, 9.17) is 4.98 Å². The molecule has 3 heterocycles. The molecule has 0 spiro atoms. The van der Waals surface area contributed by atoms with Crippen molar-refractivity contribution in [3.8, 4) is 11.4 Å². The molecule has 0 amide bonds. The van der Waals surface area contributed by atoms with Gasteiger partial charge in [0, 0.05) is 17.3 Å². The monoisotopic (exact) mass is 323 g/mol. The van der Waals surface area contributed by atoms with E-state index in [-0.39, 0.29) is 6.04 Å². The van der Waals surface area contributed by atoms with Crippen molar-refractivity contribution < 1.29 is 0 Å². The van der Waals surface area contributed by atoms with E-state index >= 15 is 0 Å². The van der Waals surface area contributed by atoms with Crippen LogP contribution in [0, 0.1) is 6.92 Å². The van der Waals surface area contributed by atoms with Gasteiger partial charge >= 0.3 is 0 Å². The Morgan fingerprint density at radius 2 is 2.04 bits per heavy atom. The lowest BCUT2D eigenvalue weighted by molar-refractivity contribution is 0.589. The summed E-state index contributed by atoms with van der Waals surface area (Å²) in [4.78, 5) is 19.4. The van der Waals surface area contributed by atoms with Crippen LogP contribution >= 0.6 is 11.3 Å². The zero-order valence-electron chi connectivity index (χ0n) is 12.9. The van der Waals surface area contributed by atoms with Crippen LogP contribution in [0.4, 0.5) is 5.95 Å². The maximum absolute atomic E-state index is 4.70. The summed E-state index contributed by atoms with van der Waals surface area (Å²) in [6.07, 6.45) is 6.92. The molecule has 0 aromatic carbocycles. The Kier molecular flexibility index (Phi) is 3.75. The number of hydrogen-bond acceptors (Lipinski definition) is 6. The van der Waals surface area contributed by atoms with Crippen molar-refractivity contribution in [1.82, 2.24) is 19.9 Å². The predicted octanol–water partition coefficient (Wildman–Crippen LogP) is 3.79. The van der Waals surface area contributed by atoms with E-state index in [1.807, 2.05) is 24.3 Å². The lowest BCUT2D eigenvalue weighted by Crippen LogP contribution is -2.18. The molecular weight excluding hydrogens is 306 g/mol. The van der Waals surface area contributed by atoms with Crippen molar-refractivity contribution in [2.24, 2.45) is 0 Å². The second-order valence-electron chi connectivity index (χ2n) is 5.61. The molecule has 1 aliphatic carbocycles. The van der Waals surface area contributed by atoms with Crippen LogP contribution in [-0.2, 0) is 6.42 Å². The highest BCUT2D eigenvalue weighted by molar-refractivity contribution is 7.11. The minimum absolute atomic E-state index is 0.197. The molecular formula is C17H17N5S. The van der Waals surface area contributed by atoms with Gasteiger partial charge in [0.15, 0.2) is 0 Å². The SMILES string of the molecule is Cc1nc2c(s1)CCC[C@H]2Nc1nccc(-c2ccccn2)n1. The molecule has 3 aromatic rings. The number of thiazole rings is 1. The fourth-order valence-electron chi connectivity index (χ4n) is 2.92. The number of fused-ring (bicyclic) bond motifs is 1. The van der Waals surface area contributed by atoms with Gasteiger partial charge < -0.3 is 5.32 Å². The van der Waals surface area contributed by atoms with Gasteiger partial charge in [-0.3, -0.25) is 4.98 Å². The first-order valence-electron chi connectivity index (χ1n) is 7.77. The summed E-state index contributed by atoms with van der Waals surface area (Å²) in [5, 5.41) is 4.59. The average molecular weight is 323 g/mol. The van der Waals surface area contributed by atoms with Crippen LogP contribution in [0.1, 0.15) is 34.5 Å². The van der Waals surface area contributed by atoms with Crippen molar-refractivity contribution in [3.63, 3.8) is 0 Å². The molecule has 1 atom stereocenters. The average Bonchev–Trinajstić information content (AvgIpc) is 2.97. The highest BCUT2D eigenvalue weighted by Gasteiger charge is 2.24. The number of pyridine rings is 1. The Bertz CT molecular complexity index is 815. The molecule has 0 unspecified atom stereocenters. The fraction of sp³-hybridized carbons (Fsp3) is 0.294. The van der Waals surface area contributed by atoms with Gasteiger partial charge in [0.05, 0.1) is 28.1 Å². The van der Waals surface area contributed by atoms with Crippen molar-refractivity contribution >= 4 is 17.3 Å². The molecule has 23 heavy (non-hydrogen) atoms. The van der Waals surface area contributed by atoms with E-state index in [0.717, 1.165) is 29.2 Å². The van der Waals surface area contributed by atoms with E-state index < -0.39 is 0 Å². The highest BCUT2D eigenvalue weighted by atomic mass is 32.1. The van der Waals surface area contributed by atoms with Crippen molar-refractivity contribution in [1.29, 1.82) is 0 Å². The molecule has 1 N–H and O–H groups in total. The molecule has 0 saturated heterocycles. The van der Waals surface area contributed by atoms with E-state index in [0.29, 0.717) is 5.95 Å². The van der Waals surface area contributed by atoms with Gasteiger partial charge in [-0.1, -0.05) is 6.07 Å². The van der Waals surface area contributed by atoms with Crippen molar-refractivity contribution in [2.75, 3.05) is 5.32 Å². The molecule has 0 aliphatic heterocycles. The Morgan fingerprint density at radius 3 is 2.91 bits per heavy atom. The number of aryl methyl sites for hydroxylation is 2. The largest absolute Gasteiger partial charge is 0.346 e. The van der Waals surface area contributed by atoms with Crippen LogP contribution in [0.25, 0.3) is 11.4 Å². The van der Waals surface area contributed by atoms with E-state index in [1.165, 1.54) is 17.0 Å². The third kappa shape index (κ3) is 2.94. The quantitative estimate of drug-likeness (QED) is 0.794. The lowest BCUT2D eigenvalue weighted by Gasteiger charge is -2.22. The zero-order valence-corrected chi connectivity index (χ0v) is 13.7. The first kappa shape index (κ1) is 14.3. The summed E-state index contributed by atoms with van der Waals surface area (Å²) in [6.45, 7) is 2.07. The Balaban J connectivity index is 1.61. The van der Waals surface area contributed by atoms with Crippen molar-refractivity contribution in [2.45, 2.75) is 32.2 Å². The van der Waals surface area contributed by atoms with Gasteiger partial charge in [-0.25, -0.2) is 15.0 Å². The van der Waals surface area contributed by atoms with Gasteiger partial charge in [-0.2, -0.15) is 0 Å². The van der Waals surface area contributed by atoms with Crippen LogP contribution < -0.4 is 5.32 Å². The van der Waals surface area contributed by atoms with E-state index in [1.54, 1.807) is 23.7 Å². The van der Waals surface area contributed by atoms with E-state index in [9.17, 15) is 0 Å². The zero-order chi connectivity index (χ0) is 15.6. The standard InChI is InChI=1S/C17H17N5S/c1-11-20-16-14(6-4-7-15(16)23-11)22-17-19-10-8-13(21-17)12-5-2-3-9-18-12/h2-3,5,8-10,14H,4,6-7H2,1H3,(H,19,21,22)/t14-/m1/s1. The summed E-state index contributed by atoms with van der Waals surface area (Å²) in [6, 6.07) is 7.89. The van der Waals surface area contributed by atoms with Gasteiger partial charge in [-0.05, 0) is 44.4 Å². The van der Waals surface area contributed by atoms with Crippen molar-refractivity contribution in [3.05, 3.63) is 52.2 Å². The number of hydrogen-bond donors (Lipinski definition) is 1. The summed E-state index contributed by atoms with van der Waals surface area (Å²) in [5.41, 5.74) is 2.85. The number of rotatable bonds is 3. The van der Waals surface area contributed by atoms with Gasteiger partial charge in [-0.15, -0.1) is 11.3 Å². The molecule has 4 rings (SSSR count). The summed E-state index contributed by atoms with van der Waals surface area (Å²) < 4.78 is 0. The molecule has 0 saturated carbocycles. The Morgan fingerprint density at radius 1 is 1.09 bits per heavy atom. The predicted molar refractivity (Wildman–Crippen MR) is 91.4 cm³/mol. The minimum Gasteiger partial charge on any atom is -0.346 e. The summed E-state index contributed by atoms with van der Waals surface area (Å²) in [5.74, 6) is 0.636. The Hall–Kier alpha value is -2.34. The molecule has 0 radical (unpaired) electrons.